The quantitative estimate of drug-likeness (QED) is 0.941. The summed E-state index contributed by atoms with van der Waals surface area (Å²) < 4.78 is 0. The Bertz CT molecular complexity index is 608. The molecule has 1 N–H and O–H groups in total. The predicted octanol–water partition coefficient (Wildman–Crippen LogP) is 3.33. The van der Waals surface area contributed by atoms with Crippen molar-refractivity contribution in [2.75, 3.05) is 31.1 Å². The second-order valence-electron chi connectivity index (χ2n) is 6.18. The third-order valence-electron chi connectivity index (χ3n) is 4.45. The number of phenols is 1. The zero-order valence-corrected chi connectivity index (χ0v) is 13.4. The molecular weight excluding hydrogens is 272 g/mol. The number of phenolic OH excluding ortho intramolecular Hbond substituents is 1. The zero-order chi connectivity index (χ0) is 15.5. The Hall–Kier alpha value is -2.00. The summed E-state index contributed by atoms with van der Waals surface area (Å²) in [5, 5.41) is 9.88. The number of piperazine rings is 1. The Morgan fingerprint density at radius 3 is 2.09 bits per heavy atom. The highest BCUT2D eigenvalue weighted by atomic mass is 16.3. The third kappa shape index (κ3) is 3.25. The van der Waals surface area contributed by atoms with Crippen molar-refractivity contribution in [3.8, 4) is 5.75 Å². The van der Waals surface area contributed by atoms with Gasteiger partial charge in [-0.2, -0.15) is 0 Å². The minimum Gasteiger partial charge on any atom is -0.507 e. The van der Waals surface area contributed by atoms with E-state index in [1.807, 2.05) is 13.8 Å². The van der Waals surface area contributed by atoms with E-state index in [1.165, 1.54) is 11.3 Å². The van der Waals surface area contributed by atoms with E-state index in [1.54, 1.807) is 0 Å². The Morgan fingerprint density at radius 1 is 0.909 bits per heavy atom. The molecule has 116 valence electrons. The van der Waals surface area contributed by atoms with E-state index >= 15 is 0 Å². The fourth-order valence-electron chi connectivity index (χ4n) is 3.20. The second kappa shape index (κ2) is 6.41. The largest absolute Gasteiger partial charge is 0.507 e. The number of rotatable bonds is 3. The van der Waals surface area contributed by atoms with Gasteiger partial charge >= 0.3 is 0 Å². The number of aryl methyl sites for hydroxylation is 2. The monoisotopic (exact) mass is 296 g/mol. The topological polar surface area (TPSA) is 26.7 Å². The van der Waals surface area contributed by atoms with Gasteiger partial charge < -0.3 is 10.0 Å². The summed E-state index contributed by atoms with van der Waals surface area (Å²) in [5.74, 6) is 0.428. The van der Waals surface area contributed by atoms with Gasteiger partial charge in [0.05, 0.1) is 0 Å². The normalized spacial score (nSPS) is 16.0. The minimum absolute atomic E-state index is 0.428. The smallest absolute Gasteiger partial charge is 0.121 e. The van der Waals surface area contributed by atoms with Crippen molar-refractivity contribution in [3.05, 3.63) is 59.2 Å². The first kappa shape index (κ1) is 14.9. The highest BCUT2D eigenvalue weighted by Gasteiger charge is 2.17. The Morgan fingerprint density at radius 2 is 1.50 bits per heavy atom. The maximum Gasteiger partial charge on any atom is 0.121 e. The maximum absolute atomic E-state index is 9.88. The minimum atomic E-state index is 0.428. The summed E-state index contributed by atoms with van der Waals surface area (Å²) in [6.07, 6.45) is 0. The molecule has 0 atom stereocenters. The van der Waals surface area contributed by atoms with E-state index in [0.29, 0.717) is 5.75 Å². The average Bonchev–Trinajstić information content (AvgIpc) is 2.54. The molecule has 3 rings (SSSR count). The van der Waals surface area contributed by atoms with Crippen molar-refractivity contribution in [1.29, 1.82) is 0 Å². The van der Waals surface area contributed by atoms with Crippen molar-refractivity contribution >= 4 is 5.69 Å². The predicted molar refractivity (Wildman–Crippen MR) is 91.5 cm³/mol. The fourth-order valence-corrected chi connectivity index (χ4v) is 3.20. The summed E-state index contributed by atoms with van der Waals surface area (Å²) in [6.45, 7) is 9.20. The van der Waals surface area contributed by atoms with Crippen molar-refractivity contribution in [2.24, 2.45) is 0 Å². The maximum atomic E-state index is 9.88. The van der Waals surface area contributed by atoms with Gasteiger partial charge in [-0.15, -0.1) is 0 Å². The molecule has 0 amide bonds. The number of aromatic hydroxyl groups is 1. The van der Waals surface area contributed by atoms with Gasteiger partial charge in [-0.25, -0.2) is 0 Å². The molecule has 22 heavy (non-hydrogen) atoms. The Labute approximate surface area is 132 Å². The lowest BCUT2D eigenvalue weighted by molar-refractivity contribution is 0.249. The zero-order valence-electron chi connectivity index (χ0n) is 13.4. The van der Waals surface area contributed by atoms with Crippen LogP contribution in [0.1, 0.15) is 16.7 Å². The molecule has 0 aromatic heterocycles. The summed E-state index contributed by atoms with van der Waals surface area (Å²) in [5.41, 5.74) is 4.55. The van der Waals surface area contributed by atoms with Gasteiger partial charge in [0.2, 0.25) is 0 Å². The number of nitrogens with zero attached hydrogens (tertiary/aromatic N) is 2. The molecule has 1 saturated heterocycles. The lowest BCUT2D eigenvalue weighted by Crippen LogP contribution is -2.45. The van der Waals surface area contributed by atoms with E-state index in [0.717, 1.165) is 43.9 Å². The van der Waals surface area contributed by atoms with Crippen LogP contribution in [0.4, 0.5) is 5.69 Å². The van der Waals surface area contributed by atoms with Crippen molar-refractivity contribution < 1.29 is 5.11 Å². The van der Waals surface area contributed by atoms with Crippen LogP contribution in [-0.4, -0.2) is 36.2 Å². The fraction of sp³-hybridized carbons (Fsp3) is 0.368. The summed E-state index contributed by atoms with van der Waals surface area (Å²) in [4.78, 5) is 4.94. The molecular formula is C19H24N2O. The Kier molecular flexibility index (Phi) is 4.34. The van der Waals surface area contributed by atoms with Gasteiger partial charge in [-0.3, -0.25) is 4.90 Å². The van der Waals surface area contributed by atoms with Crippen LogP contribution in [0.3, 0.4) is 0 Å². The van der Waals surface area contributed by atoms with Crippen LogP contribution in [-0.2, 0) is 6.54 Å². The summed E-state index contributed by atoms with van der Waals surface area (Å²) in [7, 11) is 0. The highest BCUT2D eigenvalue weighted by molar-refractivity contribution is 5.46. The van der Waals surface area contributed by atoms with Gasteiger partial charge in [-0.1, -0.05) is 30.3 Å². The van der Waals surface area contributed by atoms with Crippen molar-refractivity contribution in [3.63, 3.8) is 0 Å². The molecule has 0 unspecified atom stereocenters. The van der Waals surface area contributed by atoms with Gasteiger partial charge in [0.1, 0.15) is 5.75 Å². The summed E-state index contributed by atoms with van der Waals surface area (Å²) >= 11 is 0. The molecule has 2 aromatic rings. The van der Waals surface area contributed by atoms with Crippen LogP contribution in [0.15, 0.2) is 42.5 Å². The van der Waals surface area contributed by atoms with Crippen LogP contribution in [0, 0.1) is 13.8 Å². The van der Waals surface area contributed by atoms with E-state index in [9.17, 15) is 5.11 Å². The molecule has 1 heterocycles. The molecule has 1 aliphatic heterocycles. The van der Waals surface area contributed by atoms with Crippen LogP contribution in [0.2, 0.25) is 0 Å². The number of para-hydroxylation sites is 1. The third-order valence-corrected chi connectivity index (χ3v) is 4.45. The highest BCUT2D eigenvalue weighted by Crippen LogP contribution is 2.24. The number of anilines is 1. The average molecular weight is 296 g/mol. The number of hydrogen-bond acceptors (Lipinski definition) is 3. The molecule has 0 aliphatic carbocycles. The standard InChI is InChI=1S/C19H24N2O/c1-15-12-17(13-16(2)19(15)22)14-20-8-10-21(11-9-20)18-6-4-3-5-7-18/h3-7,12-13,22H,8-11,14H2,1-2H3. The second-order valence-corrected chi connectivity index (χ2v) is 6.18. The van der Waals surface area contributed by atoms with Crippen molar-refractivity contribution in [2.45, 2.75) is 20.4 Å². The van der Waals surface area contributed by atoms with Crippen LogP contribution < -0.4 is 4.90 Å². The lowest BCUT2D eigenvalue weighted by Gasteiger charge is -2.36. The van der Waals surface area contributed by atoms with Crippen LogP contribution in [0.25, 0.3) is 0 Å². The molecule has 1 fully saturated rings. The molecule has 2 aromatic carbocycles. The first-order valence-corrected chi connectivity index (χ1v) is 7.95. The number of hydrogen-bond donors (Lipinski definition) is 1. The SMILES string of the molecule is Cc1cc(CN2CCN(c3ccccc3)CC2)cc(C)c1O. The molecule has 0 radical (unpaired) electrons. The summed E-state index contributed by atoms with van der Waals surface area (Å²) in [6, 6.07) is 14.8. The van der Waals surface area contributed by atoms with Crippen molar-refractivity contribution in [1.82, 2.24) is 4.90 Å². The molecule has 0 saturated carbocycles. The van der Waals surface area contributed by atoms with Gasteiger partial charge in [-0.05, 0) is 42.7 Å². The first-order valence-electron chi connectivity index (χ1n) is 7.95. The van der Waals surface area contributed by atoms with Crippen LogP contribution >= 0.6 is 0 Å². The molecule has 0 spiro atoms. The number of benzene rings is 2. The Balaban J connectivity index is 1.60. The van der Waals surface area contributed by atoms with Gasteiger partial charge in [0.15, 0.2) is 0 Å². The van der Waals surface area contributed by atoms with Gasteiger partial charge in [0, 0.05) is 38.4 Å². The van der Waals surface area contributed by atoms with E-state index < -0.39 is 0 Å². The molecule has 3 nitrogen and oxygen atoms in total. The lowest BCUT2D eigenvalue weighted by atomic mass is 10.1. The van der Waals surface area contributed by atoms with Crippen LogP contribution in [0.5, 0.6) is 5.75 Å². The molecule has 1 aliphatic rings. The van der Waals surface area contributed by atoms with E-state index in [2.05, 4.69) is 52.3 Å². The first-order chi connectivity index (χ1) is 10.6. The molecule has 0 bridgehead atoms. The molecule has 3 heteroatoms. The van der Waals surface area contributed by atoms with E-state index in [-0.39, 0.29) is 0 Å². The van der Waals surface area contributed by atoms with E-state index in [4.69, 9.17) is 0 Å². The van der Waals surface area contributed by atoms with Gasteiger partial charge in [0.25, 0.3) is 0 Å².